The minimum Gasteiger partial charge on any atom is -0.497 e. The Balaban J connectivity index is 1.31. The van der Waals surface area contributed by atoms with E-state index in [4.69, 9.17) is 4.74 Å². The van der Waals surface area contributed by atoms with E-state index in [2.05, 4.69) is 77.3 Å². The van der Waals surface area contributed by atoms with Gasteiger partial charge in [-0.3, -0.25) is 4.90 Å². The first-order chi connectivity index (χ1) is 13.6. The maximum absolute atomic E-state index is 5.28. The average molecular weight is 380 g/mol. The molecule has 28 heavy (non-hydrogen) atoms. The van der Waals surface area contributed by atoms with Gasteiger partial charge in [0.05, 0.1) is 7.11 Å². The highest BCUT2D eigenvalue weighted by Gasteiger charge is 2.28. The molecule has 4 heteroatoms. The lowest BCUT2D eigenvalue weighted by Crippen LogP contribution is -2.50. The molecule has 1 fully saturated rings. The molecule has 1 atom stereocenters. The van der Waals surface area contributed by atoms with Crippen LogP contribution in [0.5, 0.6) is 5.75 Å². The van der Waals surface area contributed by atoms with Crippen molar-refractivity contribution in [1.29, 1.82) is 0 Å². The Morgan fingerprint density at radius 1 is 1.00 bits per heavy atom. The number of hydrogen-bond donors (Lipinski definition) is 0. The molecule has 0 amide bonds. The molecule has 0 spiro atoms. The first-order valence-corrected chi connectivity index (χ1v) is 10.5. The lowest BCUT2D eigenvalue weighted by molar-refractivity contribution is 0.124. The van der Waals surface area contributed by atoms with Crippen LogP contribution in [-0.4, -0.2) is 62.7 Å². The van der Waals surface area contributed by atoms with Crippen molar-refractivity contribution >= 4 is 5.69 Å². The van der Waals surface area contributed by atoms with Crippen molar-refractivity contribution in [2.45, 2.75) is 37.9 Å². The maximum atomic E-state index is 5.28. The van der Waals surface area contributed by atoms with Crippen LogP contribution in [0.25, 0.3) is 0 Å². The highest BCUT2D eigenvalue weighted by molar-refractivity contribution is 5.49. The zero-order chi connectivity index (χ0) is 19.5. The van der Waals surface area contributed by atoms with Gasteiger partial charge >= 0.3 is 0 Å². The van der Waals surface area contributed by atoms with E-state index in [9.17, 15) is 0 Å². The Morgan fingerprint density at radius 3 is 2.36 bits per heavy atom. The van der Waals surface area contributed by atoms with Crippen molar-refractivity contribution in [3.8, 4) is 5.75 Å². The molecule has 150 valence electrons. The SMILES string of the molecule is COc1ccc(N2CCC(N(C)CC3Cc4ccccc4CN3C)CC2)cc1. The third kappa shape index (κ3) is 4.18. The summed E-state index contributed by atoms with van der Waals surface area (Å²) >= 11 is 0. The van der Waals surface area contributed by atoms with Crippen molar-refractivity contribution < 1.29 is 4.74 Å². The van der Waals surface area contributed by atoms with E-state index < -0.39 is 0 Å². The second kappa shape index (κ2) is 8.54. The van der Waals surface area contributed by atoms with Crippen LogP contribution in [0, 0.1) is 0 Å². The molecule has 2 aliphatic rings. The van der Waals surface area contributed by atoms with Gasteiger partial charge in [-0.15, -0.1) is 0 Å². The average Bonchev–Trinajstić information content (AvgIpc) is 2.74. The number of benzene rings is 2. The third-order valence-electron chi connectivity index (χ3n) is 6.64. The van der Waals surface area contributed by atoms with Crippen molar-refractivity contribution in [2.24, 2.45) is 0 Å². The molecule has 1 unspecified atom stereocenters. The fourth-order valence-electron chi connectivity index (χ4n) is 4.76. The van der Waals surface area contributed by atoms with Crippen LogP contribution < -0.4 is 9.64 Å². The van der Waals surface area contributed by atoms with Crippen LogP contribution in [-0.2, 0) is 13.0 Å². The standard InChI is InChI=1S/C24H33N3O/c1-25-17-20-7-5-4-6-19(20)16-23(25)18-26(2)21-12-14-27(15-13-21)22-8-10-24(28-3)11-9-22/h4-11,21,23H,12-18H2,1-3H3. The summed E-state index contributed by atoms with van der Waals surface area (Å²) in [5, 5.41) is 0. The molecule has 1 saturated heterocycles. The van der Waals surface area contributed by atoms with E-state index in [1.54, 1.807) is 7.11 Å². The minimum absolute atomic E-state index is 0.611. The lowest BCUT2D eigenvalue weighted by atomic mass is 9.93. The van der Waals surface area contributed by atoms with Crippen molar-refractivity contribution in [3.05, 3.63) is 59.7 Å². The van der Waals surface area contributed by atoms with Crippen LogP contribution in [0.2, 0.25) is 0 Å². The highest BCUT2D eigenvalue weighted by Crippen LogP contribution is 2.26. The molecular weight excluding hydrogens is 346 g/mol. The van der Waals surface area contributed by atoms with E-state index in [-0.39, 0.29) is 0 Å². The summed E-state index contributed by atoms with van der Waals surface area (Å²) < 4.78 is 5.28. The van der Waals surface area contributed by atoms with Crippen molar-refractivity contribution in [1.82, 2.24) is 9.80 Å². The van der Waals surface area contributed by atoms with E-state index in [1.165, 1.54) is 36.1 Å². The van der Waals surface area contributed by atoms with Gasteiger partial charge in [0.25, 0.3) is 0 Å². The fraction of sp³-hybridized carbons (Fsp3) is 0.500. The second-order valence-electron chi connectivity index (χ2n) is 8.40. The highest BCUT2D eigenvalue weighted by atomic mass is 16.5. The van der Waals surface area contributed by atoms with Gasteiger partial charge in [-0.1, -0.05) is 24.3 Å². The van der Waals surface area contributed by atoms with Gasteiger partial charge in [0.2, 0.25) is 0 Å². The fourth-order valence-corrected chi connectivity index (χ4v) is 4.76. The smallest absolute Gasteiger partial charge is 0.119 e. The number of ether oxygens (including phenoxy) is 1. The molecule has 2 aliphatic heterocycles. The van der Waals surface area contributed by atoms with Gasteiger partial charge < -0.3 is 14.5 Å². The molecule has 4 nitrogen and oxygen atoms in total. The largest absolute Gasteiger partial charge is 0.497 e. The van der Waals surface area contributed by atoms with Crippen molar-refractivity contribution in [3.63, 3.8) is 0 Å². The quantitative estimate of drug-likeness (QED) is 0.789. The molecule has 0 saturated carbocycles. The number of piperidine rings is 1. The summed E-state index contributed by atoms with van der Waals surface area (Å²) in [6.07, 6.45) is 3.63. The van der Waals surface area contributed by atoms with Crippen LogP contribution in [0.1, 0.15) is 24.0 Å². The third-order valence-corrected chi connectivity index (χ3v) is 6.64. The first kappa shape index (κ1) is 19.3. The number of anilines is 1. The normalized spacial score (nSPS) is 21.0. The van der Waals surface area contributed by atoms with Crippen LogP contribution in [0.3, 0.4) is 0 Å². The lowest BCUT2D eigenvalue weighted by Gasteiger charge is -2.41. The van der Waals surface area contributed by atoms with E-state index in [0.29, 0.717) is 12.1 Å². The van der Waals surface area contributed by atoms with E-state index in [1.807, 2.05) is 0 Å². The molecule has 0 radical (unpaired) electrons. The second-order valence-corrected chi connectivity index (χ2v) is 8.40. The molecule has 0 aromatic heterocycles. The molecule has 0 bridgehead atoms. The summed E-state index contributed by atoms with van der Waals surface area (Å²) in [6.45, 7) is 4.48. The minimum atomic E-state index is 0.611. The van der Waals surface area contributed by atoms with Crippen molar-refractivity contribution in [2.75, 3.05) is 45.7 Å². The van der Waals surface area contributed by atoms with Crippen LogP contribution in [0.4, 0.5) is 5.69 Å². The predicted molar refractivity (Wildman–Crippen MR) is 116 cm³/mol. The first-order valence-electron chi connectivity index (χ1n) is 10.5. The Morgan fingerprint density at radius 2 is 1.68 bits per heavy atom. The Labute approximate surface area is 169 Å². The Bertz CT molecular complexity index is 768. The Hall–Kier alpha value is -2.04. The Kier molecular flexibility index (Phi) is 5.88. The van der Waals surface area contributed by atoms with Crippen LogP contribution >= 0.6 is 0 Å². The predicted octanol–water partition coefficient (Wildman–Crippen LogP) is 3.65. The monoisotopic (exact) mass is 379 g/mol. The molecule has 2 aromatic rings. The summed E-state index contributed by atoms with van der Waals surface area (Å²) in [6, 6.07) is 18.7. The summed E-state index contributed by atoms with van der Waals surface area (Å²) in [5.74, 6) is 0.927. The summed E-state index contributed by atoms with van der Waals surface area (Å²) in [7, 11) is 6.32. The van der Waals surface area contributed by atoms with E-state index >= 15 is 0 Å². The van der Waals surface area contributed by atoms with E-state index in [0.717, 1.165) is 31.9 Å². The number of nitrogens with zero attached hydrogens (tertiary/aromatic N) is 3. The molecule has 0 aliphatic carbocycles. The maximum Gasteiger partial charge on any atom is 0.119 e. The summed E-state index contributed by atoms with van der Waals surface area (Å²) in [4.78, 5) is 7.65. The van der Waals surface area contributed by atoms with Gasteiger partial charge in [-0.05, 0) is 68.8 Å². The van der Waals surface area contributed by atoms with Gasteiger partial charge in [0.1, 0.15) is 5.75 Å². The topological polar surface area (TPSA) is 19.0 Å². The number of methoxy groups -OCH3 is 1. The zero-order valence-corrected chi connectivity index (χ0v) is 17.5. The molecule has 2 aromatic carbocycles. The number of fused-ring (bicyclic) bond motifs is 1. The van der Waals surface area contributed by atoms with Gasteiger partial charge in [0.15, 0.2) is 0 Å². The summed E-state index contributed by atoms with van der Waals surface area (Å²) in [5.41, 5.74) is 4.34. The van der Waals surface area contributed by atoms with Crippen LogP contribution in [0.15, 0.2) is 48.5 Å². The molecular formula is C24H33N3O. The zero-order valence-electron chi connectivity index (χ0n) is 17.5. The molecule has 4 rings (SSSR count). The number of rotatable bonds is 5. The van der Waals surface area contributed by atoms with Gasteiger partial charge in [0, 0.05) is 44.0 Å². The number of hydrogen-bond acceptors (Lipinski definition) is 4. The molecule has 0 N–H and O–H groups in total. The van der Waals surface area contributed by atoms with Gasteiger partial charge in [-0.25, -0.2) is 0 Å². The van der Waals surface area contributed by atoms with Gasteiger partial charge in [-0.2, -0.15) is 0 Å². The molecule has 2 heterocycles. The number of likely N-dealkylation sites (N-methyl/N-ethyl adjacent to an activating group) is 2.